The molecule has 1 aromatic heterocycles. The molecule has 19 heavy (non-hydrogen) atoms. The molecule has 1 aliphatic rings. The monoisotopic (exact) mass is 258 g/mol. The average molecular weight is 258 g/mol. The SMILES string of the molecule is Cc1[nH]c2ccccc2c1CNCN1CCNCC1. The van der Waals surface area contributed by atoms with Crippen LogP contribution in [0.4, 0.5) is 0 Å². The number of para-hydroxylation sites is 1. The smallest absolute Gasteiger partial charge is 0.0484 e. The first-order chi connectivity index (χ1) is 9.34. The Bertz CT molecular complexity index is 540. The minimum absolute atomic E-state index is 0.930. The molecule has 0 aliphatic carbocycles. The molecular formula is C15H22N4. The fraction of sp³-hybridized carbons (Fsp3) is 0.467. The van der Waals surface area contributed by atoms with E-state index in [4.69, 9.17) is 0 Å². The van der Waals surface area contributed by atoms with Gasteiger partial charge in [0.15, 0.2) is 0 Å². The fourth-order valence-corrected chi connectivity index (χ4v) is 2.77. The summed E-state index contributed by atoms with van der Waals surface area (Å²) in [6.07, 6.45) is 0. The molecule has 2 heterocycles. The lowest BCUT2D eigenvalue weighted by Gasteiger charge is -2.27. The Morgan fingerprint density at radius 2 is 2.00 bits per heavy atom. The van der Waals surface area contributed by atoms with Crippen molar-refractivity contribution in [1.29, 1.82) is 0 Å². The summed E-state index contributed by atoms with van der Waals surface area (Å²) in [7, 11) is 0. The number of benzene rings is 1. The topological polar surface area (TPSA) is 43.1 Å². The zero-order chi connectivity index (χ0) is 13.1. The summed E-state index contributed by atoms with van der Waals surface area (Å²) in [5.41, 5.74) is 3.90. The van der Waals surface area contributed by atoms with Gasteiger partial charge in [0.2, 0.25) is 0 Å². The van der Waals surface area contributed by atoms with Crippen LogP contribution in [0.3, 0.4) is 0 Å². The Balaban J connectivity index is 1.63. The zero-order valence-electron chi connectivity index (χ0n) is 11.5. The molecule has 1 fully saturated rings. The fourth-order valence-electron chi connectivity index (χ4n) is 2.77. The van der Waals surface area contributed by atoms with Gasteiger partial charge >= 0.3 is 0 Å². The van der Waals surface area contributed by atoms with E-state index in [0.717, 1.165) is 39.4 Å². The number of hydrogen-bond donors (Lipinski definition) is 3. The molecule has 2 aromatic rings. The van der Waals surface area contributed by atoms with Crippen LogP contribution >= 0.6 is 0 Å². The van der Waals surface area contributed by atoms with Crippen LogP contribution in [0, 0.1) is 6.92 Å². The molecule has 0 amide bonds. The second-order valence-corrected chi connectivity index (χ2v) is 5.23. The van der Waals surface area contributed by atoms with Crippen molar-refractivity contribution in [2.75, 3.05) is 32.8 Å². The maximum absolute atomic E-state index is 3.57. The van der Waals surface area contributed by atoms with Gasteiger partial charge in [0.25, 0.3) is 0 Å². The number of rotatable bonds is 4. The minimum atomic E-state index is 0.930. The van der Waals surface area contributed by atoms with Crippen molar-refractivity contribution in [3.8, 4) is 0 Å². The number of nitrogens with zero attached hydrogens (tertiary/aromatic N) is 1. The molecule has 0 saturated carbocycles. The molecule has 0 bridgehead atoms. The standard InChI is InChI=1S/C15H22N4/c1-12-14(13-4-2-3-5-15(13)18-12)10-17-11-19-8-6-16-7-9-19/h2-5,16-18H,6-11H2,1H3. The lowest BCUT2D eigenvalue weighted by molar-refractivity contribution is 0.223. The maximum Gasteiger partial charge on any atom is 0.0484 e. The number of piperazine rings is 1. The van der Waals surface area contributed by atoms with E-state index in [1.807, 2.05) is 0 Å². The van der Waals surface area contributed by atoms with E-state index < -0.39 is 0 Å². The number of aromatic amines is 1. The summed E-state index contributed by atoms with van der Waals surface area (Å²) in [6, 6.07) is 8.52. The van der Waals surface area contributed by atoms with Crippen molar-refractivity contribution >= 4 is 10.9 Å². The molecule has 0 atom stereocenters. The molecule has 3 rings (SSSR count). The highest BCUT2D eigenvalue weighted by atomic mass is 15.3. The molecule has 0 spiro atoms. The van der Waals surface area contributed by atoms with Crippen LogP contribution in [-0.4, -0.2) is 42.7 Å². The predicted octanol–water partition coefficient (Wildman–Crippen LogP) is 1.43. The average Bonchev–Trinajstić information content (AvgIpc) is 2.76. The van der Waals surface area contributed by atoms with Crippen LogP contribution < -0.4 is 10.6 Å². The van der Waals surface area contributed by atoms with Crippen molar-refractivity contribution in [1.82, 2.24) is 20.5 Å². The number of aryl methyl sites for hydroxylation is 1. The Kier molecular flexibility index (Phi) is 3.82. The third-order valence-electron chi connectivity index (χ3n) is 3.87. The van der Waals surface area contributed by atoms with E-state index >= 15 is 0 Å². The van der Waals surface area contributed by atoms with Gasteiger partial charge in [0, 0.05) is 56.0 Å². The zero-order valence-corrected chi connectivity index (χ0v) is 11.5. The number of hydrogen-bond acceptors (Lipinski definition) is 3. The van der Waals surface area contributed by atoms with Crippen molar-refractivity contribution in [2.24, 2.45) is 0 Å². The normalized spacial score (nSPS) is 17.1. The lowest BCUT2D eigenvalue weighted by atomic mass is 10.1. The Morgan fingerprint density at radius 3 is 2.84 bits per heavy atom. The lowest BCUT2D eigenvalue weighted by Crippen LogP contribution is -2.46. The number of aromatic nitrogens is 1. The minimum Gasteiger partial charge on any atom is -0.358 e. The van der Waals surface area contributed by atoms with Gasteiger partial charge in [-0.2, -0.15) is 0 Å². The van der Waals surface area contributed by atoms with Crippen LogP contribution in [0.25, 0.3) is 10.9 Å². The first kappa shape index (κ1) is 12.7. The Hall–Kier alpha value is -1.36. The number of nitrogens with one attached hydrogen (secondary N) is 3. The van der Waals surface area contributed by atoms with Gasteiger partial charge < -0.3 is 15.6 Å². The Morgan fingerprint density at radius 1 is 1.21 bits per heavy atom. The molecule has 102 valence electrons. The second kappa shape index (κ2) is 5.74. The first-order valence-corrected chi connectivity index (χ1v) is 7.04. The van der Waals surface area contributed by atoms with Gasteiger partial charge in [-0.3, -0.25) is 4.90 Å². The van der Waals surface area contributed by atoms with E-state index in [9.17, 15) is 0 Å². The highest BCUT2D eigenvalue weighted by molar-refractivity contribution is 5.84. The van der Waals surface area contributed by atoms with E-state index in [0.29, 0.717) is 0 Å². The van der Waals surface area contributed by atoms with Gasteiger partial charge in [-0.15, -0.1) is 0 Å². The molecule has 3 N–H and O–H groups in total. The van der Waals surface area contributed by atoms with Crippen LogP contribution in [0.1, 0.15) is 11.3 Å². The third-order valence-corrected chi connectivity index (χ3v) is 3.87. The van der Waals surface area contributed by atoms with Gasteiger partial charge in [-0.25, -0.2) is 0 Å². The summed E-state index contributed by atoms with van der Waals surface area (Å²) in [5.74, 6) is 0. The molecule has 0 radical (unpaired) electrons. The summed E-state index contributed by atoms with van der Waals surface area (Å²) in [6.45, 7) is 8.55. The molecule has 0 unspecified atom stereocenters. The summed E-state index contributed by atoms with van der Waals surface area (Å²) >= 11 is 0. The molecule has 1 saturated heterocycles. The van der Waals surface area contributed by atoms with E-state index in [2.05, 4.69) is 51.7 Å². The van der Waals surface area contributed by atoms with Crippen molar-refractivity contribution in [3.63, 3.8) is 0 Å². The molecule has 4 heteroatoms. The molecular weight excluding hydrogens is 236 g/mol. The van der Waals surface area contributed by atoms with E-state index in [1.165, 1.54) is 22.2 Å². The highest BCUT2D eigenvalue weighted by Crippen LogP contribution is 2.21. The van der Waals surface area contributed by atoms with Crippen molar-refractivity contribution in [3.05, 3.63) is 35.5 Å². The summed E-state index contributed by atoms with van der Waals surface area (Å²) in [4.78, 5) is 5.91. The van der Waals surface area contributed by atoms with Crippen LogP contribution in [0.15, 0.2) is 24.3 Å². The van der Waals surface area contributed by atoms with Crippen LogP contribution in [0.5, 0.6) is 0 Å². The second-order valence-electron chi connectivity index (χ2n) is 5.23. The van der Waals surface area contributed by atoms with Crippen LogP contribution in [-0.2, 0) is 6.54 Å². The molecule has 4 nitrogen and oxygen atoms in total. The maximum atomic E-state index is 3.57. The van der Waals surface area contributed by atoms with Crippen molar-refractivity contribution in [2.45, 2.75) is 13.5 Å². The van der Waals surface area contributed by atoms with Gasteiger partial charge in [-0.1, -0.05) is 18.2 Å². The van der Waals surface area contributed by atoms with Gasteiger partial charge in [0.05, 0.1) is 0 Å². The van der Waals surface area contributed by atoms with Gasteiger partial charge in [-0.05, 0) is 18.6 Å². The Labute approximate surface area is 114 Å². The molecule has 1 aromatic carbocycles. The largest absolute Gasteiger partial charge is 0.358 e. The number of fused-ring (bicyclic) bond motifs is 1. The van der Waals surface area contributed by atoms with Crippen LogP contribution in [0.2, 0.25) is 0 Å². The molecule has 1 aliphatic heterocycles. The van der Waals surface area contributed by atoms with Gasteiger partial charge in [0.1, 0.15) is 0 Å². The first-order valence-electron chi connectivity index (χ1n) is 7.04. The third kappa shape index (κ3) is 2.81. The van der Waals surface area contributed by atoms with E-state index in [-0.39, 0.29) is 0 Å². The van der Waals surface area contributed by atoms with E-state index in [1.54, 1.807) is 0 Å². The number of H-pyrrole nitrogens is 1. The summed E-state index contributed by atoms with van der Waals surface area (Å²) in [5, 5.41) is 8.29. The highest BCUT2D eigenvalue weighted by Gasteiger charge is 2.10. The summed E-state index contributed by atoms with van der Waals surface area (Å²) < 4.78 is 0. The predicted molar refractivity (Wildman–Crippen MR) is 79.2 cm³/mol. The van der Waals surface area contributed by atoms with Crippen molar-refractivity contribution < 1.29 is 0 Å². The quantitative estimate of drug-likeness (QED) is 0.777.